The van der Waals surface area contributed by atoms with E-state index >= 15 is 0 Å². The SMILES string of the molecule is CCCCCCOc1ccc(-c2nc3s/c(=C\c4cn(-c5ccccc5)nc4-c4ccc(OCC)cc4)c(=O)n3n2)cc1. The van der Waals surface area contributed by atoms with Crippen LogP contribution in [0.1, 0.15) is 45.1 Å². The van der Waals surface area contributed by atoms with Crippen molar-refractivity contribution in [2.75, 3.05) is 13.2 Å². The molecule has 8 nitrogen and oxygen atoms in total. The Kier molecular flexibility index (Phi) is 8.60. The van der Waals surface area contributed by atoms with Crippen molar-refractivity contribution in [1.82, 2.24) is 24.4 Å². The summed E-state index contributed by atoms with van der Waals surface area (Å²) in [6, 6.07) is 25.4. The molecule has 3 aromatic heterocycles. The van der Waals surface area contributed by atoms with E-state index < -0.39 is 0 Å². The van der Waals surface area contributed by atoms with Crippen molar-refractivity contribution in [2.45, 2.75) is 39.5 Å². The van der Waals surface area contributed by atoms with Gasteiger partial charge in [-0.15, -0.1) is 5.10 Å². The van der Waals surface area contributed by atoms with Crippen molar-refractivity contribution < 1.29 is 9.47 Å². The van der Waals surface area contributed by atoms with Gasteiger partial charge in [-0.1, -0.05) is 55.7 Å². The highest BCUT2D eigenvalue weighted by molar-refractivity contribution is 7.15. The zero-order valence-corrected chi connectivity index (χ0v) is 25.1. The molecule has 6 aromatic rings. The molecule has 0 atom stereocenters. The molecule has 3 aromatic carbocycles. The predicted octanol–water partition coefficient (Wildman–Crippen LogP) is 6.58. The summed E-state index contributed by atoms with van der Waals surface area (Å²) in [5, 5.41) is 9.42. The number of rotatable bonds is 12. The summed E-state index contributed by atoms with van der Waals surface area (Å²) < 4.78 is 15.2. The second-order valence-corrected chi connectivity index (χ2v) is 11.2. The summed E-state index contributed by atoms with van der Waals surface area (Å²) in [6.07, 6.45) is 8.48. The highest BCUT2D eigenvalue weighted by atomic mass is 32.1. The lowest BCUT2D eigenvalue weighted by molar-refractivity contribution is 0.305. The average Bonchev–Trinajstić information content (AvgIpc) is 3.73. The van der Waals surface area contributed by atoms with E-state index in [2.05, 4.69) is 17.0 Å². The molecule has 218 valence electrons. The maximum Gasteiger partial charge on any atom is 0.291 e. The third kappa shape index (κ3) is 6.36. The second kappa shape index (κ2) is 13.0. The Morgan fingerprint density at radius 3 is 2.23 bits per heavy atom. The molecule has 0 saturated heterocycles. The van der Waals surface area contributed by atoms with E-state index in [-0.39, 0.29) is 5.56 Å². The molecule has 0 fully saturated rings. The van der Waals surface area contributed by atoms with Crippen LogP contribution in [0, 0.1) is 0 Å². The molecule has 43 heavy (non-hydrogen) atoms. The molecule has 0 spiro atoms. The fraction of sp³-hybridized carbons (Fsp3) is 0.235. The van der Waals surface area contributed by atoms with E-state index in [1.165, 1.54) is 35.1 Å². The number of benzene rings is 3. The molecule has 6 rings (SSSR count). The van der Waals surface area contributed by atoms with Crippen LogP contribution in [0.4, 0.5) is 0 Å². The van der Waals surface area contributed by atoms with E-state index in [1.54, 1.807) is 0 Å². The van der Waals surface area contributed by atoms with Gasteiger partial charge in [-0.2, -0.15) is 14.6 Å². The van der Waals surface area contributed by atoms with Gasteiger partial charge >= 0.3 is 0 Å². The molecular formula is C34H33N5O3S. The van der Waals surface area contributed by atoms with Crippen LogP contribution >= 0.6 is 11.3 Å². The third-order valence-corrected chi connectivity index (χ3v) is 8.01. The van der Waals surface area contributed by atoms with Gasteiger partial charge in [0, 0.05) is 22.9 Å². The van der Waals surface area contributed by atoms with Crippen LogP contribution in [0.25, 0.3) is 39.4 Å². The van der Waals surface area contributed by atoms with Crippen LogP contribution in [-0.2, 0) is 0 Å². The number of thiazole rings is 1. The van der Waals surface area contributed by atoms with E-state index in [1.807, 2.05) is 103 Å². The highest BCUT2D eigenvalue weighted by Crippen LogP contribution is 2.27. The van der Waals surface area contributed by atoms with Crippen molar-refractivity contribution >= 4 is 22.4 Å². The highest BCUT2D eigenvalue weighted by Gasteiger charge is 2.15. The molecule has 3 heterocycles. The van der Waals surface area contributed by atoms with E-state index in [9.17, 15) is 4.79 Å². The minimum atomic E-state index is -0.212. The normalized spacial score (nSPS) is 11.8. The molecule has 0 N–H and O–H groups in total. The van der Waals surface area contributed by atoms with Crippen molar-refractivity contribution in [2.24, 2.45) is 0 Å². The van der Waals surface area contributed by atoms with Gasteiger partial charge in [-0.05, 0) is 80.1 Å². The summed E-state index contributed by atoms with van der Waals surface area (Å²) in [7, 11) is 0. The molecule has 0 radical (unpaired) electrons. The summed E-state index contributed by atoms with van der Waals surface area (Å²) in [6.45, 7) is 5.47. The van der Waals surface area contributed by atoms with Crippen LogP contribution in [0.5, 0.6) is 11.5 Å². The Bertz CT molecular complexity index is 1910. The summed E-state index contributed by atoms with van der Waals surface area (Å²) in [4.78, 5) is 18.7. The zero-order valence-electron chi connectivity index (χ0n) is 24.3. The first-order chi connectivity index (χ1) is 21.1. The maximum absolute atomic E-state index is 13.4. The molecule has 0 saturated carbocycles. The van der Waals surface area contributed by atoms with Gasteiger partial charge in [0.2, 0.25) is 4.96 Å². The number of fused-ring (bicyclic) bond motifs is 1. The number of hydrogen-bond donors (Lipinski definition) is 0. The van der Waals surface area contributed by atoms with Crippen molar-refractivity contribution in [1.29, 1.82) is 0 Å². The largest absolute Gasteiger partial charge is 0.494 e. The Morgan fingerprint density at radius 1 is 0.814 bits per heavy atom. The molecule has 0 amide bonds. The lowest BCUT2D eigenvalue weighted by Crippen LogP contribution is -2.23. The summed E-state index contributed by atoms with van der Waals surface area (Å²) in [5.41, 5.74) is 4.06. The quantitative estimate of drug-likeness (QED) is 0.150. The topological polar surface area (TPSA) is 83.5 Å². The molecule has 9 heteroatoms. The number of aromatic nitrogens is 5. The van der Waals surface area contributed by atoms with Crippen LogP contribution in [0.3, 0.4) is 0 Å². The van der Waals surface area contributed by atoms with Crippen molar-refractivity contribution in [3.63, 3.8) is 0 Å². The molecule has 0 aliphatic rings. The van der Waals surface area contributed by atoms with E-state index in [0.717, 1.165) is 46.0 Å². The van der Waals surface area contributed by atoms with E-state index in [0.29, 0.717) is 28.5 Å². The molecule has 0 bridgehead atoms. The summed E-state index contributed by atoms with van der Waals surface area (Å²) in [5.74, 6) is 2.13. The Labute approximate surface area is 253 Å². The Hall–Kier alpha value is -4.76. The molecule has 0 aliphatic heterocycles. The van der Waals surface area contributed by atoms with Crippen LogP contribution in [0.2, 0.25) is 0 Å². The Morgan fingerprint density at radius 2 is 1.53 bits per heavy atom. The van der Waals surface area contributed by atoms with Crippen molar-refractivity contribution in [3.8, 4) is 39.8 Å². The number of ether oxygens (including phenoxy) is 2. The molecule has 0 aliphatic carbocycles. The van der Waals surface area contributed by atoms with Gasteiger partial charge in [0.25, 0.3) is 5.56 Å². The van der Waals surface area contributed by atoms with Gasteiger partial charge in [0.1, 0.15) is 17.2 Å². The maximum atomic E-state index is 13.4. The smallest absolute Gasteiger partial charge is 0.291 e. The first kappa shape index (κ1) is 28.4. The number of nitrogens with zero attached hydrogens (tertiary/aromatic N) is 5. The van der Waals surface area contributed by atoms with Crippen LogP contribution in [-0.4, -0.2) is 37.6 Å². The van der Waals surface area contributed by atoms with Gasteiger partial charge in [-0.25, -0.2) is 4.68 Å². The standard InChI is InChI=1S/C34H33N5O3S/c1-3-5-6-10-21-42-29-19-15-25(16-20-29)32-35-34-39(37-32)33(40)30(43-34)22-26-23-38(27-11-8-7-9-12-27)36-31(26)24-13-17-28(18-14-24)41-4-2/h7-9,11-20,22-23H,3-6,10,21H2,1-2H3/b30-22-. The second-order valence-electron chi connectivity index (χ2n) is 10.1. The van der Waals surface area contributed by atoms with Gasteiger partial charge in [0.15, 0.2) is 5.82 Å². The summed E-state index contributed by atoms with van der Waals surface area (Å²) >= 11 is 1.31. The minimum absolute atomic E-state index is 0.212. The lowest BCUT2D eigenvalue weighted by atomic mass is 10.1. The lowest BCUT2D eigenvalue weighted by Gasteiger charge is -2.06. The number of para-hydroxylation sites is 1. The van der Waals surface area contributed by atoms with Crippen LogP contribution in [0.15, 0.2) is 89.9 Å². The zero-order chi connectivity index (χ0) is 29.6. The minimum Gasteiger partial charge on any atom is -0.494 e. The van der Waals surface area contributed by atoms with Gasteiger partial charge < -0.3 is 9.47 Å². The molecular weight excluding hydrogens is 558 g/mol. The fourth-order valence-electron chi connectivity index (χ4n) is 4.82. The first-order valence-corrected chi connectivity index (χ1v) is 15.5. The average molecular weight is 592 g/mol. The molecule has 0 unspecified atom stereocenters. The number of unbranched alkanes of at least 4 members (excludes halogenated alkanes) is 3. The first-order valence-electron chi connectivity index (χ1n) is 14.7. The van der Waals surface area contributed by atoms with Crippen molar-refractivity contribution in [3.05, 3.63) is 106 Å². The van der Waals surface area contributed by atoms with Crippen LogP contribution < -0.4 is 19.6 Å². The monoisotopic (exact) mass is 591 g/mol. The third-order valence-electron chi connectivity index (χ3n) is 7.05. The van der Waals surface area contributed by atoms with Gasteiger partial charge in [-0.3, -0.25) is 4.79 Å². The number of hydrogen-bond acceptors (Lipinski definition) is 7. The predicted molar refractivity (Wildman–Crippen MR) is 171 cm³/mol. The van der Waals surface area contributed by atoms with Gasteiger partial charge in [0.05, 0.1) is 23.4 Å². The Balaban J connectivity index is 1.30. The fourth-order valence-corrected chi connectivity index (χ4v) is 5.72. The van der Waals surface area contributed by atoms with E-state index in [4.69, 9.17) is 14.6 Å².